The summed E-state index contributed by atoms with van der Waals surface area (Å²) in [4.78, 5) is 36.4. The van der Waals surface area contributed by atoms with E-state index in [1.165, 1.54) is 12.1 Å². The van der Waals surface area contributed by atoms with Crippen LogP contribution in [0.15, 0.2) is 66.7 Å². The van der Waals surface area contributed by atoms with Gasteiger partial charge in [0.1, 0.15) is 18.5 Å². The van der Waals surface area contributed by atoms with E-state index in [1.807, 2.05) is 48.5 Å². The van der Waals surface area contributed by atoms with Crippen LogP contribution >= 0.6 is 11.6 Å². The average Bonchev–Trinajstić information content (AvgIpc) is 3.16. The van der Waals surface area contributed by atoms with Crippen molar-refractivity contribution in [3.63, 3.8) is 0 Å². The van der Waals surface area contributed by atoms with Gasteiger partial charge < -0.3 is 20.5 Å². The number of ether oxygens (including phenoxy) is 1. The monoisotopic (exact) mass is 496 g/mol. The van der Waals surface area contributed by atoms with Crippen LogP contribution in [0.25, 0.3) is 11.1 Å². The molecule has 0 bridgehead atoms. The number of carbonyl (C=O) groups is 3. The SMILES string of the molecule is O=C(O)CCC(NC(=O)OCC1c2ccccc2-c2ccccc21)C(=O)Nc1c(F)cccc1Cl. The number of nitrogens with one attached hydrogen (secondary N) is 2. The lowest BCUT2D eigenvalue weighted by Gasteiger charge is -2.20. The maximum absolute atomic E-state index is 14.1. The Morgan fingerprint density at radius 1 is 0.971 bits per heavy atom. The van der Waals surface area contributed by atoms with Crippen molar-refractivity contribution >= 4 is 35.3 Å². The van der Waals surface area contributed by atoms with Crippen LogP contribution in [-0.4, -0.2) is 35.7 Å². The summed E-state index contributed by atoms with van der Waals surface area (Å²) < 4.78 is 19.5. The molecule has 7 nitrogen and oxygen atoms in total. The summed E-state index contributed by atoms with van der Waals surface area (Å²) in [6, 6.07) is 18.3. The molecule has 0 spiro atoms. The molecule has 180 valence electrons. The van der Waals surface area contributed by atoms with Crippen LogP contribution in [0.5, 0.6) is 0 Å². The van der Waals surface area contributed by atoms with Gasteiger partial charge in [0.2, 0.25) is 5.91 Å². The molecule has 0 radical (unpaired) electrons. The number of hydrogen-bond donors (Lipinski definition) is 3. The number of benzene rings is 3. The van der Waals surface area contributed by atoms with Crippen LogP contribution in [0.2, 0.25) is 5.02 Å². The summed E-state index contributed by atoms with van der Waals surface area (Å²) in [6.45, 7) is 0.0201. The minimum atomic E-state index is -1.28. The van der Waals surface area contributed by atoms with Gasteiger partial charge in [-0.05, 0) is 40.8 Å². The van der Waals surface area contributed by atoms with E-state index in [9.17, 15) is 18.8 Å². The molecule has 3 aromatic rings. The maximum atomic E-state index is 14.1. The number of para-hydroxylation sites is 1. The molecule has 0 fully saturated rings. The largest absolute Gasteiger partial charge is 0.481 e. The van der Waals surface area contributed by atoms with E-state index in [2.05, 4.69) is 10.6 Å². The van der Waals surface area contributed by atoms with Crippen LogP contribution in [0.4, 0.5) is 14.9 Å². The Bertz CT molecular complexity index is 1220. The second-order valence-corrected chi connectivity index (χ2v) is 8.45. The average molecular weight is 497 g/mol. The normalized spacial score (nSPS) is 12.9. The highest BCUT2D eigenvalue weighted by molar-refractivity contribution is 6.33. The van der Waals surface area contributed by atoms with Crippen molar-refractivity contribution in [1.82, 2.24) is 5.32 Å². The molecule has 1 aliphatic carbocycles. The molecule has 0 aliphatic heterocycles. The molecule has 0 saturated heterocycles. The van der Waals surface area contributed by atoms with Gasteiger partial charge in [0.15, 0.2) is 0 Å². The van der Waals surface area contributed by atoms with E-state index in [4.69, 9.17) is 21.4 Å². The number of halogens is 2. The van der Waals surface area contributed by atoms with E-state index < -0.39 is 36.2 Å². The third-order valence-corrected chi connectivity index (χ3v) is 6.13. The van der Waals surface area contributed by atoms with Gasteiger partial charge >= 0.3 is 12.1 Å². The molecule has 3 aromatic carbocycles. The number of carboxylic acid groups (broad SMARTS) is 1. The van der Waals surface area contributed by atoms with Crippen molar-refractivity contribution in [3.8, 4) is 11.1 Å². The highest BCUT2D eigenvalue weighted by Crippen LogP contribution is 2.44. The molecule has 2 amide bonds. The molecule has 4 rings (SSSR count). The Hall–Kier alpha value is -3.91. The number of hydrogen-bond acceptors (Lipinski definition) is 4. The molecule has 0 saturated carbocycles. The molecule has 1 atom stereocenters. The lowest BCUT2D eigenvalue weighted by Crippen LogP contribution is -2.44. The minimum Gasteiger partial charge on any atom is -0.481 e. The van der Waals surface area contributed by atoms with Gasteiger partial charge in [0, 0.05) is 12.3 Å². The van der Waals surface area contributed by atoms with E-state index in [0.29, 0.717) is 0 Å². The van der Waals surface area contributed by atoms with Gasteiger partial charge in [-0.25, -0.2) is 9.18 Å². The van der Waals surface area contributed by atoms with Crippen LogP contribution in [-0.2, 0) is 14.3 Å². The fourth-order valence-electron chi connectivity index (χ4n) is 4.15. The van der Waals surface area contributed by atoms with E-state index in [0.717, 1.165) is 28.3 Å². The first-order valence-corrected chi connectivity index (χ1v) is 11.3. The molecule has 0 aromatic heterocycles. The van der Waals surface area contributed by atoms with Crippen molar-refractivity contribution in [2.75, 3.05) is 11.9 Å². The van der Waals surface area contributed by atoms with Gasteiger partial charge in [-0.15, -0.1) is 0 Å². The van der Waals surface area contributed by atoms with E-state index in [1.54, 1.807) is 0 Å². The number of rotatable bonds is 8. The number of amides is 2. The lowest BCUT2D eigenvalue weighted by molar-refractivity contribution is -0.137. The molecular formula is C26H22ClFN2O5. The second-order valence-electron chi connectivity index (χ2n) is 8.04. The van der Waals surface area contributed by atoms with Crippen molar-refractivity contribution in [2.45, 2.75) is 24.8 Å². The lowest BCUT2D eigenvalue weighted by atomic mass is 9.98. The summed E-state index contributed by atoms with van der Waals surface area (Å²) in [7, 11) is 0. The van der Waals surface area contributed by atoms with Gasteiger partial charge in [0.25, 0.3) is 0 Å². The van der Waals surface area contributed by atoms with Crippen LogP contribution in [0.3, 0.4) is 0 Å². The van der Waals surface area contributed by atoms with Crippen molar-refractivity contribution in [1.29, 1.82) is 0 Å². The smallest absolute Gasteiger partial charge is 0.407 e. The first kappa shape index (κ1) is 24.2. The summed E-state index contributed by atoms with van der Waals surface area (Å²) in [6.07, 6.45) is -1.51. The highest BCUT2D eigenvalue weighted by Gasteiger charge is 2.30. The van der Waals surface area contributed by atoms with Crippen molar-refractivity contribution in [3.05, 3.63) is 88.7 Å². The minimum absolute atomic E-state index is 0.0201. The molecular weight excluding hydrogens is 475 g/mol. The summed E-state index contributed by atoms with van der Waals surface area (Å²) in [5.41, 5.74) is 3.93. The number of carbonyl (C=O) groups excluding carboxylic acids is 2. The summed E-state index contributed by atoms with van der Waals surface area (Å²) in [5.74, 6) is -2.91. The fraction of sp³-hybridized carbons (Fsp3) is 0.192. The van der Waals surface area contributed by atoms with Gasteiger partial charge in [-0.3, -0.25) is 9.59 Å². The first-order valence-electron chi connectivity index (χ1n) is 10.9. The Labute approximate surface area is 205 Å². The standard InChI is InChI=1S/C26H22ClFN2O5/c27-20-10-5-11-21(28)24(20)30-25(33)22(12-13-23(31)32)29-26(34)35-14-19-17-8-3-1-6-15(17)16-7-2-4-9-18(16)19/h1-11,19,22H,12-14H2,(H,29,34)(H,30,33)(H,31,32). The molecule has 9 heteroatoms. The molecule has 35 heavy (non-hydrogen) atoms. The van der Waals surface area contributed by atoms with Gasteiger partial charge in [-0.2, -0.15) is 0 Å². The van der Waals surface area contributed by atoms with Gasteiger partial charge in [-0.1, -0.05) is 66.2 Å². The van der Waals surface area contributed by atoms with E-state index in [-0.39, 0.29) is 29.7 Å². The Morgan fingerprint density at radius 3 is 2.20 bits per heavy atom. The quantitative estimate of drug-likeness (QED) is 0.398. The molecule has 1 unspecified atom stereocenters. The second kappa shape index (κ2) is 10.6. The molecule has 3 N–H and O–H groups in total. The van der Waals surface area contributed by atoms with Crippen LogP contribution in [0, 0.1) is 5.82 Å². The zero-order valence-corrected chi connectivity index (χ0v) is 19.2. The predicted octanol–water partition coefficient (Wildman–Crippen LogP) is 5.19. The number of aliphatic carboxylic acids is 1. The zero-order chi connectivity index (χ0) is 24.9. The number of anilines is 1. The van der Waals surface area contributed by atoms with Crippen LogP contribution in [0.1, 0.15) is 29.9 Å². The summed E-state index contributed by atoms with van der Waals surface area (Å²) in [5, 5.41) is 13.7. The van der Waals surface area contributed by atoms with Crippen molar-refractivity contribution in [2.24, 2.45) is 0 Å². The maximum Gasteiger partial charge on any atom is 0.407 e. The topological polar surface area (TPSA) is 105 Å². The Balaban J connectivity index is 1.45. The number of alkyl carbamates (subject to hydrolysis) is 1. The first-order chi connectivity index (χ1) is 16.8. The third-order valence-electron chi connectivity index (χ3n) is 5.81. The zero-order valence-electron chi connectivity index (χ0n) is 18.5. The van der Waals surface area contributed by atoms with E-state index >= 15 is 0 Å². The van der Waals surface area contributed by atoms with Crippen molar-refractivity contribution < 1.29 is 28.6 Å². The summed E-state index contributed by atoms with van der Waals surface area (Å²) >= 11 is 5.96. The third kappa shape index (κ3) is 5.44. The molecule has 1 aliphatic rings. The molecule has 0 heterocycles. The fourth-order valence-corrected chi connectivity index (χ4v) is 4.36. The Kier molecular flexibility index (Phi) is 7.31. The highest BCUT2D eigenvalue weighted by atomic mass is 35.5. The number of carboxylic acids is 1. The number of fused-ring (bicyclic) bond motifs is 3. The predicted molar refractivity (Wildman–Crippen MR) is 129 cm³/mol. The van der Waals surface area contributed by atoms with Crippen LogP contribution < -0.4 is 10.6 Å². The van der Waals surface area contributed by atoms with Gasteiger partial charge in [0.05, 0.1) is 10.7 Å². The Morgan fingerprint density at radius 2 is 1.60 bits per heavy atom.